The van der Waals surface area contributed by atoms with Crippen LogP contribution in [0.3, 0.4) is 0 Å². The van der Waals surface area contributed by atoms with Crippen molar-refractivity contribution in [1.82, 2.24) is 9.97 Å². The molecule has 0 aliphatic rings. The molecule has 0 amide bonds. The monoisotopic (exact) mass is 339 g/mol. The summed E-state index contributed by atoms with van der Waals surface area (Å²) in [5.41, 5.74) is 0.513. The van der Waals surface area contributed by atoms with Crippen LogP contribution >= 0.6 is 22.9 Å². The Morgan fingerprint density at radius 2 is 1.95 bits per heavy atom. The maximum absolute atomic E-state index is 13.0. The Balaban J connectivity index is 2.03. The van der Waals surface area contributed by atoms with E-state index >= 15 is 0 Å². The van der Waals surface area contributed by atoms with E-state index in [1.165, 1.54) is 11.3 Å². The first-order chi connectivity index (χ1) is 10.5. The van der Waals surface area contributed by atoms with Gasteiger partial charge in [0.05, 0.1) is 16.4 Å². The van der Waals surface area contributed by atoms with Crippen LogP contribution in [0.25, 0.3) is 10.9 Å². The van der Waals surface area contributed by atoms with Gasteiger partial charge in [0.15, 0.2) is 5.82 Å². The Morgan fingerprint density at radius 3 is 2.64 bits per heavy atom. The molecule has 3 aromatic rings. The van der Waals surface area contributed by atoms with Crippen molar-refractivity contribution < 1.29 is 8.78 Å². The molecule has 0 aliphatic carbocycles. The molecule has 0 radical (unpaired) electrons. The van der Waals surface area contributed by atoms with Gasteiger partial charge < -0.3 is 4.90 Å². The second-order valence-electron chi connectivity index (χ2n) is 4.79. The van der Waals surface area contributed by atoms with Crippen LogP contribution in [0, 0.1) is 0 Å². The van der Waals surface area contributed by atoms with Crippen LogP contribution in [-0.4, -0.2) is 17.0 Å². The lowest BCUT2D eigenvalue weighted by Crippen LogP contribution is -2.18. The van der Waals surface area contributed by atoms with Crippen LogP contribution < -0.4 is 4.90 Å². The van der Waals surface area contributed by atoms with E-state index < -0.39 is 12.2 Å². The zero-order chi connectivity index (χ0) is 15.7. The first kappa shape index (κ1) is 15.1. The third kappa shape index (κ3) is 3.03. The standard InChI is InChI=1S/C15H12ClF2N3S/c1-21(8-9-6-7-12(16)22-9)15-10-4-2-3-5-11(10)19-14(20-15)13(17)18/h2-7,13H,8H2,1H3. The van der Waals surface area contributed by atoms with E-state index in [0.29, 0.717) is 22.2 Å². The van der Waals surface area contributed by atoms with Crippen LogP contribution in [0.4, 0.5) is 14.6 Å². The smallest absolute Gasteiger partial charge is 0.297 e. The molecule has 0 bridgehead atoms. The number of nitrogens with zero attached hydrogens (tertiary/aromatic N) is 3. The third-order valence-electron chi connectivity index (χ3n) is 3.18. The average molecular weight is 340 g/mol. The van der Waals surface area contributed by atoms with Crippen LogP contribution in [0.15, 0.2) is 36.4 Å². The van der Waals surface area contributed by atoms with Crippen LogP contribution in [0.2, 0.25) is 4.34 Å². The second kappa shape index (κ2) is 6.14. The third-order valence-corrected chi connectivity index (χ3v) is 4.39. The van der Waals surface area contributed by atoms with Crippen LogP contribution in [0.1, 0.15) is 17.1 Å². The lowest BCUT2D eigenvalue weighted by Gasteiger charge is -2.19. The second-order valence-corrected chi connectivity index (χ2v) is 6.58. The van der Waals surface area contributed by atoms with Crippen molar-refractivity contribution in [1.29, 1.82) is 0 Å². The molecule has 3 rings (SSSR count). The molecule has 0 aliphatic heterocycles. The molecule has 0 saturated carbocycles. The molecule has 114 valence electrons. The van der Waals surface area contributed by atoms with Crippen molar-refractivity contribution in [2.75, 3.05) is 11.9 Å². The Hall–Kier alpha value is -1.79. The minimum Gasteiger partial charge on any atom is -0.354 e. The molecule has 0 saturated heterocycles. The number of fused-ring (bicyclic) bond motifs is 1. The van der Waals surface area contributed by atoms with Crippen molar-refractivity contribution in [3.63, 3.8) is 0 Å². The van der Waals surface area contributed by atoms with Gasteiger partial charge in [-0.3, -0.25) is 0 Å². The van der Waals surface area contributed by atoms with Gasteiger partial charge >= 0.3 is 0 Å². The summed E-state index contributed by atoms with van der Waals surface area (Å²) in [6.45, 7) is 0.543. The highest BCUT2D eigenvalue weighted by molar-refractivity contribution is 7.16. The summed E-state index contributed by atoms with van der Waals surface area (Å²) in [7, 11) is 1.82. The molecular weight excluding hydrogens is 328 g/mol. The van der Waals surface area contributed by atoms with Gasteiger partial charge in [-0.2, -0.15) is 0 Å². The molecule has 0 atom stereocenters. The average Bonchev–Trinajstić information content (AvgIpc) is 2.91. The lowest BCUT2D eigenvalue weighted by molar-refractivity contribution is 0.141. The number of aromatic nitrogens is 2. The fourth-order valence-corrected chi connectivity index (χ4v) is 3.35. The van der Waals surface area contributed by atoms with Crippen molar-refractivity contribution >= 4 is 39.7 Å². The number of benzene rings is 1. The van der Waals surface area contributed by atoms with Gasteiger partial charge in [-0.05, 0) is 24.3 Å². The molecule has 0 fully saturated rings. The number of alkyl halides is 2. The van der Waals surface area contributed by atoms with E-state index in [1.807, 2.05) is 36.2 Å². The molecule has 2 aromatic heterocycles. The van der Waals surface area contributed by atoms with Gasteiger partial charge in [0, 0.05) is 17.3 Å². The van der Waals surface area contributed by atoms with E-state index in [1.54, 1.807) is 12.1 Å². The summed E-state index contributed by atoms with van der Waals surface area (Å²) < 4.78 is 26.7. The molecule has 7 heteroatoms. The number of para-hydroxylation sites is 1. The summed E-state index contributed by atoms with van der Waals surface area (Å²) in [4.78, 5) is 10.8. The Labute approximate surface area is 135 Å². The summed E-state index contributed by atoms with van der Waals surface area (Å²) in [5.74, 6) is 0.0372. The molecule has 0 unspecified atom stereocenters. The van der Waals surface area contributed by atoms with Gasteiger partial charge in [-0.1, -0.05) is 23.7 Å². The lowest BCUT2D eigenvalue weighted by atomic mass is 10.2. The normalized spacial score (nSPS) is 11.3. The molecule has 0 spiro atoms. The van der Waals surface area contributed by atoms with Crippen LogP contribution in [-0.2, 0) is 6.54 Å². The summed E-state index contributed by atoms with van der Waals surface area (Å²) in [6, 6.07) is 10.9. The number of rotatable bonds is 4. The highest BCUT2D eigenvalue weighted by Gasteiger charge is 2.17. The molecule has 2 heterocycles. The molecule has 22 heavy (non-hydrogen) atoms. The Bertz CT molecular complexity index is 806. The van der Waals surface area contributed by atoms with Gasteiger partial charge in [0.2, 0.25) is 0 Å². The molecular formula is C15H12ClF2N3S. The Morgan fingerprint density at radius 1 is 1.18 bits per heavy atom. The summed E-state index contributed by atoms with van der Waals surface area (Å²) >= 11 is 7.39. The van der Waals surface area contributed by atoms with E-state index in [2.05, 4.69) is 9.97 Å². The topological polar surface area (TPSA) is 29.0 Å². The van der Waals surface area contributed by atoms with E-state index in [9.17, 15) is 8.78 Å². The number of hydrogen-bond acceptors (Lipinski definition) is 4. The number of thiophene rings is 1. The molecule has 0 N–H and O–H groups in total. The van der Waals surface area contributed by atoms with Gasteiger partial charge in [-0.25, -0.2) is 18.7 Å². The van der Waals surface area contributed by atoms with Crippen molar-refractivity contribution in [3.05, 3.63) is 51.4 Å². The molecule has 3 nitrogen and oxygen atoms in total. The van der Waals surface area contributed by atoms with Crippen molar-refractivity contribution in [3.8, 4) is 0 Å². The minimum atomic E-state index is -2.70. The predicted molar refractivity (Wildman–Crippen MR) is 85.9 cm³/mol. The SMILES string of the molecule is CN(Cc1ccc(Cl)s1)c1nc(C(F)F)nc2ccccc12. The number of hydrogen-bond donors (Lipinski definition) is 0. The zero-order valence-electron chi connectivity index (χ0n) is 11.6. The van der Waals surface area contributed by atoms with E-state index in [0.717, 1.165) is 10.3 Å². The van der Waals surface area contributed by atoms with Crippen molar-refractivity contribution in [2.24, 2.45) is 0 Å². The summed E-state index contributed by atoms with van der Waals surface area (Å²) in [5, 5.41) is 0.747. The van der Waals surface area contributed by atoms with Crippen molar-refractivity contribution in [2.45, 2.75) is 13.0 Å². The van der Waals surface area contributed by atoms with E-state index in [-0.39, 0.29) is 0 Å². The highest BCUT2D eigenvalue weighted by atomic mass is 35.5. The maximum atomic E-state index is 13.0. The minimum absolute atomic E-state index is 0.454. The molecule has 1 aromatic carbocycles. The van der Waals surface area contributed by atoms with Gasteiger partial charge in [0.25, 0.3) is 6.43 Å². The van der Waals surface area contributed by atoms with Gasteiger partial charge in [-0.15, -0.1) is 11.3 Å². The Kier molecular flexibility index (Phi) is 4.22. The quantitative estimate of drug-likeness (QED) is 0.675. The van der Waals surface area contributed by atoms with Gasteiger partial charge in [0.1, 0.15) is 5.82 Å². The first-order valence-electron chi connectivity index (χ1n) is 6.55. The van der Waals surface area contributed by atoms with Crippen LogP contribution in [0.5, 0.6) is 0 Å². The maximum Gasteiger partial charge on any atom is 0.297 e. The number of anilines is 1. The highest BCUT2D eigenvalue weighted by Crippen LogP contribution is 2.29. The van der Waals surface area contributed by atoms with E-state index in [4.69, 9.17) is 11.6 Å². The summed E-state index contributed by atoms with van der Waals surface area (Å²) in [6.07, 6.45) is -2.70. The number of halogens is 3. The largest absolute Gasteiger partial charge is 0.354 e. The zero-order valence-corrected chi connectivity index (χ0v) is 13.2. The fraction of sp³-hybridized carbons (Fsp3) is 0.200. The first-order valence-corrected chi connectivity index (χ1v) is 7.74. The fourth-order valence-electron chi connectivity index (χ4n) is 2.21. The predicted octanol–water partition coefficient (Wildman–Crippen LogP) is 4.92.